The van der Waals surface area contributed by atoms with Crippen LogP contribution in [0.15, 0.2) is 72.8 Å². The van der Waals surface area contributed by atoms with Crippen LogP contribution in [0.5, 0.6) is 17.2 Å². The van der Waals surface area contributed by atoms with Gasteiger partial charge in [0.25, 0.3) is 11.8 Å². The largest absolute Gasteiger partial charge is 0.493 e. The molecular formula is C27H24ClN3O7. The highest BCUT2D eigenvalue weighted by Crippen LogP contribution is 2.33. The van der Waals surface area contributed by atoms with Crippen LogP contribution in [0.2, 0.25) is 5.02 Å². The molecule has 0 aliphatic carbocycles. The van der Waals surface area contributed by atoms with E-state index in [1.807, 2.05) is 12.1 Å². The number of carbonyl (C=O) groups is 4. The van der Waals surface area contributed by atoms with Gasteiger partial charge in [0.05, 0.1) is 13.0 Å². The Morgan fingerprint density at radius 3 is 2.32 bits per heavy atom. The fourth-order valence-electron chi connectivity index (χ4n) is 3.73. The van der Waals surface area contributed by atoms with Crippen molar-refractivity contribution in [2.75, 3.05) is 25.2 Å². The molecule has 1 saturated heterocycles. The van der Waals surface area contributed by atoms with Crippen molar-refractivity contribution in [1.82, 2.24) is 10.9 Å². The number of esters is 1. The van der Waals surface area contributed by atoms with E-state index in [-0.39, 0.29) is 24.4 Å². The van der Waals surface area contributed by atoms with E-state index in [1.165, 1.54) is 29.2 Å². The van der Waals surface area contributed by atoms with Crippen LogP contribution < -0.4 is 25.2 Å². The summed E-state index contributed by atoms with van der Waals surface area (Å²) in [4.78, 5) is 50.5. The molecule has 2 N–H and O–H groups in total. The predicted octanol–water partition coefficient (Wildman–Crippen LogP) is 3.50. The molecule has 1 aliphatic heterocycles. The molecule has 3 aromatic rings. The minimum atomic E-state index is -0.733. The molecule has 0 spiro atoms. The Kier molecular flexibility index (Phi) is 8.44. The van der Waals surface area contributed by atoms with E-state index >= 15 is 0 Å². The fourth-order valence-corrected chi connectivity index (χ4v) is 3.86. The standard InChI is InChI=1S/C27H24ClN3O7/c1-36-22-4-2-3-5-23(22)38-21-12-10-20(11-13-21)31-15-18(14-25(31)33)27(35)37-16-24(32)29-30-26(34)17-6-8-19(28)9-7-17/h2-13,18H,14-16H2,1H3,(H,29,32)(H,30,34)/t18-/m0/s1. The number of methoxy groups -OCH3 is 1. The zero-order chi connectivity index (χ0) is 27.1. The second-order valence-electron chi connectivity index (χ2n) is 8.27. The number of carbonyl (C=O) groups excluding carboxylic acids is 4. The van der Waals surface area contributed by atoms with E-state index in [0.29, 0.717) is 28.0 Å². The van der Waals surface area contributed by atoms with Gasteiger partial charge in [-0.2, -0.15) is 0 Å². The predicted molar refractivity (Wildman–Crippen MR) is 138 cm³/mol. The van der Waals surface area contributed by atoms with Crippen LogP contribution in [0.25, 0.3) is 0 Å². The fraction of sp³-hybridized carbons (Fsp3) is 0.185. The average molecular weight is 538 g/mol. The number of benzene rings is 3. The Balaban J connectivity index is 1.25. The van der Waals surface area contributed by atoms with E-state index < -0.39 is 30.3 Å². The molecule has 0 unspecified atom stereocenters. The van der Waals surface area contributed by atoms with Crippen molar-refractivity contribution < 1.29 is 33.4 Å². The van der Waals surface area contributed by atoms with Gasteiger partial charge in [0.2, 0.25) is 5.91 Å². The molecule has 3 aromatic carbocycles. The maximum atomic E-state index is 12.6. The average Bonchev–Trinajstić information content (AvgIpc) is 3.33. The smallest absolute Gasteiger partial charge is 0.311 e. The zero-order valence-electron chi connectivity index (χ0n) is 20.3. The third-order valence-corrected chi connectivity index (χ3v) is 5.92. The van der Waals surface area contributed by atoms with Crippen LogP contribution in [0, 0.1) is 5.92 Å². The first-order valence-electron chi connectivity index (χ1n) is 11.6. The molecule has 1 fully saturated rings. The van der Waals surface area contributed by atoms with Crippen molar-refractivity contribution in [3.8, 4) is 17.2 Å². The van der Waals surface area contributed by atoms with Crippen LogP contribution in [0.4, 0.5) is 5.69 Å². The number of para-hydroxylation sites is 2. The van der Waals surface area contributed by atoms with Gasteiger partial charge >= 0.3 is 5.97 Å². The molecule has 0 aromatic heterocycles. The number of hydrogen-bond donors (Lipinski definition) is 2. The Bertz CT molecular complexity index is 1330. The summed E-state index contributed by atoms with van der Waals surface area (Å²) in [5.74, 6) is -1.26. The summed E-state index contributed by atoms with van der Waals surface area (Å²) in [6.07, 6.45) is -0.0484. The topological polar surface area (TPSA) is 123 Å². The molecule has 38 heavy (non-hydrogen) atoms. The molecule has 0 bridgehead atoms. The normalized spacial score (nSPS) is 14.5. The number of ether oxygens (including phenoxy) is 3. The minimum absolute atomic E-state index is 0.0484. The first-order chi connectivity index (χ1) is 18.3. The number of halogens is 1. The molecule has 1 atom stereocenters. The number of amides is 3. The van der Waals surface area contributed by atoms with Gasteiger partial charge in [-0.1, -0.05) is 23.7 Å². The number of nitrogens with zero attached hydrogens (tertiary/aromatic N) is 1. The monoisotopic (exact) mass is 537 g/mol. The van der Waals surface area contributed by atoms with Gasteiger partial charge in [0.1, 0.15) is 5.75 Å². The second-order valence-corrected chi connectivity index (χ2v) is 8.71. The highest BCUT2D eigenvalue weighted by molar-refractivity contribution is 6.30. The van der Waals surface area contributed by atoms with Crippen LogP contribution in [0.1, 0.15) is 16.8 Å². The van der Waals surface area contributed by atoms with Gasteiger partial charge in [0.15, 0.2) is 18.1 Å². The van der Waals surface area contributed by atoms with Crippen molar-refractivity contribution in [3.05, 3.63) is 83.4 Å². The minimum Gasteiger partial charge on any atom is -0.493 e. The number of anilines is 1. The highest BCUT2D eigenvalue weighted by Gasteiger charge is 2.36. The Labute approximate surface area is 223 Å². The number of rotatable bonds is 8. The Morgan fingerprint density at radius 2 is 1.63 bits per heavy atom. The van der Waals surface area contributed by atoms with Crippen molar-refractivity contribution in [2.24, 2.45) is 5.92 Å². The quantitative estimate of drug-likeness (QED) is 0.333. The lowest BCUT2D eigenvalue weighted by atomic mass is 10.1. The molecule has 196 valence electrons. The van der Waals surface area contributed by atoms with E-state index in [1.54, 1.807) is 43.5 Å². The van der Waals surface area contributed by atoms with Crippen molar-refractivity contribution in [1.29, 1.82) is 0 Å². The summed E-state index contributed by atoms with van der Waals surface area (Å²) >= 11 is 5.78. The summed E-state index contributed by atoms with van der Waals surface area (Å²) in [6, 6.07) is 20.1. The van der Waals surface area contributed by atoms with E-state index in [9.17, 15) is 19.2 Å². The zero-order valence-corrected chi connectivity index (χ0v) is 21.1. The van der Waals surface area contributed by atoms with Gasteiger partial charge in [-0.15, -0.1) is 0 Å². The summed E-state index contributed by atoms with van der Waals surface area (Å²) in [5.41, 5.74) is 5.27. The lowest BCUT2D eigenvalue weighted by molar-refractivity contribution is -0.152. The highest BCUT2D eigenvalue weighted by atomic mass is 35.5. The summed E-state index contributed by atoms with van der Waals surface area (Å²) < 4.78 is 16.2. The molecule has 1 heterocycles. The van der Waals surface area contributed by atoms with E-state index in [4.69, 9.17) is 25.8 Å². The van der Waals surface area contributed by atoms with Crippen LogP contribution >= 0.6 is 11.6 Å². The number of nitrogens with one attached hydrogen (secondary N) is 2. The summed E-state index contributed by atoms with van der Waals surface area (Å²) in [7, 11) is 1.55. The van der Waals surface area contributed by atoms with Crippen molar-refractivity contribution in [3.63, 3.8) is 0 Å². The van der Waals surface area contributed by atoms with Gasteiger partial charge in [0, 0.05) is 29.2 Å². The summed E-state index contributed by atoms with van der Waals surface area (Å²) in [5, 5.41) is 0.469. The van der Waals surface area contributed by atoms with Gasteiger partial charge < -0.3 is 19.1 Å². The third kappa shape index (κ3) is 6.60. The molecule has 3 amide bonds. The summed E-state index contributed by atoms with van der Waals surface area (Å²) in [6.45, 7) is -0.501. The van der Waals surface area contributed by atoms with Crippen LogP contribution in [-0.4, -0.2) is 44.0 Å². The lowest BCUT2D eigenvalue weighted by Crippen LogP contribution is -2.43. The molecular weight excluding hydrogens is 514 g/mol. The Hall–Kier alpha value is -4.57. The third-order valence-electron chi connectivity index (χ3n) is 5.67. The van der Waals surface area contributed by atoms with E-state index in [2.05, 4.69) is 10.9 Å². The molecule has 1 aliphatic rings. The molecule has 0 radical (unpaired) electrons. The van der Waals surface area contributed by atoms with Crippen LogP contribution in [-0.2, 0) is 19.1 Å². The van der Waals surface area contributed by atoms with Crippen molar-refractivity contribution in [2.45, 2.75) is 6.42 Å². The maximum Gasteiger partial charge on any atom is 0.311 e. The molecule has 0 saturated carbocycles. The van der Waals surface area contributed by atoms with E-state index in [0.717, 1.165) is 0 Å². The van der Waals surface area contributed by atoms with Gasteiger partial charge in [-0.05, 0) is 60.7 Å². The molecule has 4 rings (SSSR count). The van der Waals surface area contributed by atoms with Gasteiger partial charge in [-0.3, -0.25) is 30.0 Å². The lowest BCUT2D eigenvalue weighted by Gasteiger charge is -2.17. The molecule has 11 heteroatoms. The SMILES string of the molecule is COc1ccccc1Oc1ccc(N2C[C@@H](C(=O)OCC(=O)NNC(=O)c3ccc(Cl)cc3)CC2=O)cc1. The second kappa shape index (κ2) is 12.1. The first-order valence-corrected chi connectivity index (χ1v) is 11.9. The van der Waals surface area contributed by atoms with Crippen molar-refractivity contribution >= 4 is 41.0 Å². The van der Waals surface area contributed by atoms with Gasteiger partial charge in [-0.25, -0.2) is 0 Å². The number of hydrogen-bond acceptors (Lipinski definition) is 7. The number of hydrazine groups is 1. The maximum absolute atomic E-state index is 12.6. The molecule has 10 nitrogen and oxygen atoms in total. The Morgan fingerprint density at radius 1 is 0.947 bits per heavy atom. The van der Waals surface area contributed by atoms with Crippen LogP contribution in [0.3, 0.4) is 0 Å². The first kappa shape index (κ1) is 26.5.